The maximum absolute atomic E-state index is 12.4. The third-order valence-corrected chi connectivity index (χ3v) is 3.01. The van der Waals surface area contributed by atoms with E-state index in [1.807, 2.05) is 24.3 Å². The van der Waals surface area contributed by atoms with Crippen LogP contribution >= 0.6 is 0 Å². The van der Waals surface area contributed by atoms with E-state index in [1.165, 1.54) is 12.3 Å². The van der Waals surface area contributed by atoms with Gasteiger partial charge in [0, 0.05) is 11.8 Å². The summed E-state index contributed by atoms with van der Waals surface area (Å²) in [5.41, 5.74) is 0.563. The molecule has 0 amide bonds. The zero-order valence-corrected chi connectivity index (χ0v) is 11.7. The number of halogens is 3. The standard InChI is InChI=1S/C16H16F3NO/c1-2-3-10-21-14-7-4-12(5-8-14)13-6-9-15(20-11-13)16(17,18)19/h4-9,11H,2-3,10H2,1H3. The summed E-state index contributed by atoms with van der Waals surface area (Å²) in [6.07, 6.45) is -1.12. The molecule has 112 valence electrons. The summed E-state index contributed by atoms with van der Waals surface area (Å²) >= 11 is 0. The van der Waals surface area contributed by atoms with Gasteiger partial charge in [0.05, 0.1) is 6.61 Å². The second kappa shape index (κ2) is 6.61. The van der Waals surface area contributed by atoms with Gasteiger partial charge in [-0.2, -0.15) is 13.2 Å². The maximum Gasteiger partial charge on any atom is 0.433 e. The molecule has 0 N–H and O–H groups in total. The molecule has 0 fully saturated rings. The van der Waals surface area contributed by atoms with Gasteiger partial charge in [-0.15, -0.1) is 0 Å². The van der Waals surface area contributed by atoms with E-state index in [9.17, 15) is 13.2 Å². The molecule has 0 aliphatic rings. The van der Waals surface area contributed by atoms with Gasteiger partial charge in [-0.05, 0) is 30.2 Å². The van der Waals surface area contributed by atoms with Crippen LogP contribution in [-0.2, 0) is 6.18 Å². The monoisotopic (exact) mass is 295 g/mol. The van der Waals surface area contributed by atoms with Gasteiger partial charge in [-0.3, -0.25) is 4.98 Å². The number of benzene rings is 1. The molecule has 0 atom stereocenters. The fourth-order valence-electron chi connectivity index (χ4n) is 1.81. The number of hydrogen-bond donors (Lipinski definition) is 0. The van der Waals surface area contributed by atoms with Crippen molar-refractivity contribution in [3.63, 3.8) is 0 Å². The zero-order valence-electron chi connectivity index (χ0n) is 11.7. The van der Waals surface area contributed by atoms with E-state index in [2.05, 4.69) is 11.9 Å². The average molecular weight is 295 g/mol. The first-order valence-corrected chi connectivity index (χ1v) is 6.77. The smallest absolute Gasteiger partial charge is 0.433 e. The molecule has 0 aliphatic heterocycles. The maximum atomic E-state index is 12.4. The first-order chi connectivity index (χ1) is 10.0. The third kappa shape index (κ3) is 4.21. The Balaban J connectivity index is 2.08. The number of nitrogens with zero attached hydrogens (tertiary/aromatic N) is 1. The van der Waals surface area contributed by atoms with Crippen LogP contribution < -0.4 is 4.74 Å². The molecule has 1 heterocycles. The molecule has 2 rings (SSSR count). The molecule has 1 aromatic carbocycles. The summed E-state index contributed by atoms with van der Waals surface area (Å²) in [5, 5.41) is 0. The minimum atomic E-state index is -4.41. The van der Waals surface area contributed by atoms with Gasteiger partial charge in [0.15, 0.2) is 0 Å². The summed E-state index contributed by atoms with van der Waals surface area (Å²) < 4.78 is 42.9. The molecule has 0 spiro atoms. The van der Waals surface area contributed by atoms with Crippen molar-refractivity contribution in [3.8, 4) is 16.9 Å². The highest BCUT2D eigenvalue weighted by molar-refractivity contribution is 5.63. The molecule has 1 aromatic heterocycles. The van der Waals surface area contributed by atoms with Gasteiger partial charge in [0.1, 0.15) is 11.4 Å². The van der Waals surface area contributed by atoms with Gasteiger partial charge in [0.2, 0.25) is 0 Å². The summed E-state index contributed by atoms with van der Waals surface area (Å²) in [7, 11) is 0. The molecular weight excluding hydrogens is 279 g/mol. The number of pyridine rings is 1. The van der Waals surface area contributed by atoms with Crippen LogP contribution in [0.2, 0.25) is 0 Å². The largest absolute Gasteiger partial charge is 0.494 e. The van der Waals surface area contributed by atoms with Crippen molar-refractivity contribution in [3.05, 3.63) is 48.3 Å². The van der Waals surface area contributed by atoms with Crippen LogP contribution in [0.25, 0.3) is 11.1 Å². The normalized spacial score (nSPS) is 11.4. The Labute approximate surface area is 121 Å². The fraction of sp³-hybridized carbons (Fsp3) is 0.312. The Hall–Kier alpha value is -2.04. The quantitative estimate of drug-likeness (QED) is 0.728. The average Bonchev–Trinajstić information content (AvgIpc) is 2.48. The lowest BCUT2D eigenvalue weighted by Gasteiger charge is -2.08. The lowest BCUT2D eigenvalue weighted by molar-refractivity contribution is -0.141. The molecule has 0 unspecified atom stereocenters. The lowest BCUT2D eigenvalue weighted by Crippen LogP contribution is -2.07. The molecule has 0 aliphatic carbocycles. The van der Waals surface area contributed by atoms with Crippen LogP contribution in [-0.4, -0.2) is 11.6 Å². The van der Waals surface area contributed by atoms with E-state index < -0.39 is 11.9 Å². The van der Waals surface area contributed by atoms with E-state index >= 15 is 0 Å². The summed E-state index contributed by atoms with van der Waals surface area (Å²) in [4.78, 5) is 3.45. The van der Waals surface area contributed by atoms with Crippen molar-refractivity contribution in [1.82, 2.24) is 4.98 Å². The SMILES string of the molecule is CCCCOc1ccc(-c2ccc(C(F)(F)F)nc2)cc1. The molecule has 0 bridgehead atoms. The van der Waals surface area contributed by atoms with Gasteiger partial charge in [-0.1, -0.05) is 31.5 Å². The van der Waals surface area contributed by atoms with Crippen molar-refractivity contribution in [2.24, 2.45) is 0 Å². The predicted molar refractivity (Wildman–Crippen MR) is 75.1 cm³/mol. The number of unbranched alkanes of at least 4 members (excludes halogenated alkanes) is 1. The Kier molecular flexibility index (Phi) is 4.83. The number of hydrogen-bond acceptors (Lipinski definition) is 2. The van der Waals surface area contributed by atoms with Crippen molar-refractivity contribution < 1.29 is 17.9 Å². The first kappa shape index (κ1) is 15.4. The van der Waals surface area contributed by atoms with E-state index in [1.54, 1.807) is 0 Å². The molecular formula is C16H16F3NO. The van der Waals surface area contributed by atoms with E-state index in [4.69, 9.17) is 4.74 Å². The summed E-state index contributed by atoms with van der Waals surface area (Å²) in [6.45, 7) is 2.75. The van der Waals surface area contributed by atoms with Crippen LogP contribution in [0, 0.1) is 0 Å². The highest BCUT2D eigenvalue weighted by Gasteiger charge is 2.31. The predicted octanol–water partition coefficient (Wildman–Crippen LogP) is 4.95. The lowest BCUT2D eigenvalue weighted by atomic mass is 10.1. The Bertz CT molecular complexity index is 562. The van der Waals surface area contributed by atoms with Crippen LogP contribution in [0.3, 0.4) is 0 Å². The van der Waals surface area contributed by atoms with Crippen LogP contribution in [0.15, 0.2) is 42.6 Å². The molecule has 0 saturated heterocycles. The van der Waals surface area contributed by atoms with Gasteiger partial charge >= 0.3 is 6.18 Å². The summed E-state index contributed by atoms with van der Waals surface area (Å²) in [5.74, 6) is 0.757. The van der Waals surface area contributed by atoms with Crippen molar-refractivity contribution >= 4 is 0 Å². The minimum absolute atomic E-state index is 0.642. The molecule has 2 nitrogen and oxygen atoms in total. The highest BCUT2D eigenvalue weighted by Crippen LogP contribution is 2.29. The van der Waals surface area contributed by atoms with Crippen LogP contribution in [0.1, 0.15) is 25.5 Å². The Morgan fingerprint density at radius 2 is 1.67 bits per heavy atom. The van der Waals surface area contributed by atoms with Gasteiger partial charge < -0.3 is 4.74 Å². The second-order valence-electron chi connectivity index (χ2n) is 4.66. The zero-order chi connectivity index (χ0) is 15.3. The van der Waals surface area contributed by atoms with Crippen LogP contribution in [0.4, 0.5) is 13.2 Å². The molecule has 0 saturated carbocycles. The Morgan fingerprint density at radius 3 is 2.19 bits per heavy atom. The van der Waals surface area contributed by atoms with Gasteiger partial charge in [0.25, 0.3) is 0 Å². The van der Waals surface area contributed by atoms with Crippen molar-refractivity contribution in [1.29, 1.82) is 0 Å². The van der Waals surface area contributed by atoms with Crippen LogP contribution in [0.5, 0.6) is 5.75 Å². The van der Waals surface area contributed by atoms with Gasteiger partial charge in [-0.25, -0.2) is 0 Å². The second-order valence-corrected chi connectivity index (χ2v) is 4.66. The Morgan fingerprint density at radius 1 is 1.00 bits per heavy atom. The van der Waals surface area contributed by atoms with Crippen molar-refractivity contribution in [2.75, 3.05) is 6.61 Å². The number of aromatic nitrogens is 1. The third-order valence-electron chi connectivity index (χ3n) is 3.01. The van der Waals surface area contributed by atoms with Crippen molar-refractivity contribution in [2.45, 2.75) is 25.9 Å². The molecule has 0 radical (unpaired) electrons. The topological polar surface area (TPSA) is 22.1 Å². The molecule has 2 aromatic rings. The minimum Gasteiger partial charge on any atom is -0.494 e. The van der Waals surface area contributed by atoms with E-state index in [0.717, 1.165) is 30.2 Å². The fourth-order valence-corrected chi connectivity index (χ4v) is 1.81. The first-order valence-electron chi connectivity index (χ1n) is 6.77. The molecule has 5 heteroatoms. The van der Waals surface area contributed by atoms with E-state index in [0.29, 0.717) is 12.2 Å². The summed E-state index contributed by atoms with van der Waals surface area (Å²) in [6, 6.07) is 9.65. The number of rotatable bonds is 5. The number of alkyl halides is 3. The highest BCUT2D eigenvalue weighted by atomic mass is 19.4. The van der Waals surface area contributed by atoms with E-state index in [-0.39, 0.29) is 0 Å². The number of ether oxygens (including phenoxy) is 1. The molecule has 21 heavy (non-hydrogen) atoms.